The quantitative estimate of drug-likeness (QED) is 0.432. The maximum atomic E-state index is 12.7. The monoisotopic (exact) mass is 402 g/mol. The van der Waals surface area contributed by atoms with Crippen molar-refractivity contribution in [3.63, 3.8) is 0 Å². The van der Waals surface area contributed by atoms with Gasteiger partial charge in [-0.1, -0.05) is 35.9 Å². The molecule has 0 saturated heterocycles. The van der Waals surface area contributed by atoms with E-state index in [1.54, 1.807) is 23.0 Å². The molecule has 0 spiro atoms. The third-order valence-electron chi connectivity index (χ3n) is 4.62. The zero-order valence-corrected chi connectivity index (χ0v) is 15.9. The first kappa shape index (κ1) is 17.4. The Hall–Kier alpha value is -3.71. The summed E-state index contributed by atoms with van der Waals surface area (Å²) in [6.07, 6.45) is 5.42. The molecule has 2 aliphatic heterocycles. The van der Waals surface area contributed by atoms with E-state index in [4.69, 9.17) is 11.6 Å². The molecule has 0 atom stereocenters. The molecular weight excluding hydrogens is 388 g/mol. The maximum absolute atomic E-state index is 12.7. The second-order valence-corrected chi connectivity index (χ2v) is 6.91. The summed E-state index contributed by atoms with van der Waals surface area (Å²) in [5, 5.41) is 5.00. The zero-order valence-electron chi connectivity index (χ0n) is 15.2. The molecule has 5 rings (SSSR count). The molecular formula is C21H15ClN6O. The molecule has 0 amide bonds. The van der Waals surface area contributed by atoms with Gasteiger partial charge in [0.1, 0.15) is 5.15 Å². The number of pyridine rings is 2. The van der Waals surface area contributed by atoms with Crippen molar-refractivity contribution in [1.29, 1.82) is 0 Å². The van der Waals surface area contributed by atoms with Crippen LogP contribution in [0.1, 0.15) is 5.56 Å². The normalized spacial score (nSPS) is 11.2. The molecule has 8 heteroatoms. The van der Waals surface area contributed by atoms with E-state index in [1.807, 2.05) is 65.5 Å². The number of nitrogens with zero attached hydrogens (tertiary/aromatic N) is 6. The Morgan fingerprint density at radius 2 is 1.79 bits per heavy atom. The molecule has 2 aliphatic rings. The fourth-order valence-electron chi connectivity index (χ4n) is 3.27. The van der Waals surface area contributed by atoms with E-state index >= 15 is 0 Å². The Kier molecular flexibility index (Phi) is 4.22. The molecule has 142 valence electrons. The summed E-state index contributed by atoms with van der Waals surface area (Å²) in [6, 6.07) is 18.9. The molecule has 4 heterocycles. The van der Waals surface area contributed by atoms with E-state index in [0.29, 0.717) is 29.0 Å². The van der Waals surface area contributed by atoms with E-state index in [-0.39, 0.29) is 5.69 Å². The average Bonchev–Trinajstić information content (AvgIpc) is 3.35. The lowest BCUT2D eigenvalue weighted by atomic mass is 10.2. The standard InChI is InChI=1S/C21H15ClN6O/c22-18-9-8-15(13-23-18)14-26-11-4-7-17-20(26)24-21(29)28(17)19-10-12-27(25-19)16-5-2-1-3-6-16/h1-13H,14H2. The first-order chi connectivity index (χ1) is 14.2. The minimum absolute atomic E-state index is 0.368. The lowest BCUT2D eigenvalue weighted by Gasteiger charge is -2.12. The molecule has 7 nitrogen and oxygen atoms in total. The van der Waals surface area contributed by atoms with Crippen LogP contribution >= 0.6 is 11.6 Å². The van der Waals surface area contributed by atoms with E-state index < -0.39 is 0 Å². The number of rotatable bonds is 4. The van der Waals surface area contributed by atoms with Crippen molar-refractivity contribution in [2.24, 2.45) is 0 Å². The smallest absolute Gasteiger partial charge is 0.327 e. The van der Waals surface area contributed by atoms with Crippen LogP contribution in [0.3, 0.4) is 0 Å². The predicted molar refractivity (Wildman–Crippen MR) is 110 cm³/mol. The molecule has 0 unspecified atom stereocenters. The summed E-state index contributed by atoms with van der Waals surface area (Å²) in [5.74, 6) is 1.11. The number of halogens is 1. The average molecular weight is 403 g/mol. The minimum Gasteiger partial charge on any atom is -0.327 e. The van der Waals surface area contributed by atoms with Gasteiger partial charge < -0.3 is 4.57 Å². The van der Waals surface area contributed by atoms with E-state index in [1.165, 1.54) is 4.57 Å². The Balaban J connectivity index is 1.53. The second-order valence-electron chi connectivity index (χ2n) is 6.52. The lowest BCUT2D eigenvalue weighted by molar-refractivity contribution is 0.779. The highest BCUT2D eigenvalue weighted by Crippen LogP contribution is 2.22. The maximum Gasteiger partial charge on any atom is 0.356 e. The number of aromatic nitrogens is 6. The minimum atomic E-state index is -0.368. The molecule has 0 bridgehead atoms. The summed E-state index contributed by atoms with van der Waals surface area (Å²) < 4.78 is 5.16. The molecule has 3 aromatic rings. The number of benzene rings is 1. The van der Waals surface area contributed by atoms with Gasteiger partial charge in [-0.2, -0.15) is 4.98 Å². The first-order valence-corrected chi connectivity index (χ1v) is 9.37. The van der Waals surface area contributed by atoms with Crippen molar-refractivity contribution in [2.75, 3.05) is 0 Å². The zero-order chi connectivity index (χ0) is 19.8. The van der Waals surface area contributed by atoms with Gasteiger partial charge in [0.15, 0.2) is 11.6 Å². The molecule has 0 aliphatic carbocycles. The second kappa shape index (κ2) is 7.03. The van der Waals surface area contributed by atoms with Gasteiger partial charge in [0.2, 0.25) is 0 Å². The van der Waals surface area contributed by atoms with Gasteiger partial charge in [0.05, 0.1) is 17.9 Å². The van der Waals surface area contributed by atoms with Crippen LogP contribution < -0.4 is 5.69 Å². The van der Waals surface area contributed by atoms with Crippen LogP contribution in [0.5, 0.6) is 0 Å². The summed E-state index contributed by atoms with van der Waals surface area (Å²) in [7, 11) is 0. The highest BCUT2D eigenvalue weighted by Gasteiger charge is 2.20. The van der Waals surface area contributed by atoms with Gasteiger partial charge >= 0.3 is 5.69 Å². The van der Waals surface area contributed by atoms with Crippen LogP contribution in [0.15, 0.2) is 84.0 Å². The highest BCUT2D eigenvalue weighted by atomic mass is 35.5. The van der Waals surface area contributed by atoms with Crippen LogP contribution in [0.25, 0.3) is 23.0 Å². The number of para-hydroxylation sites is 1. The van der Waals surface area contributed by atoms with Gasteiger partial charge in [-0.25, -0.2) is 19.0 Å². The van der Waals surface area contributed by atoms with E-state index in [9.17, 15) is 4.79 Å². The fourth-order valence-corrected chi connectivity index (χ4v) is 3.39. The number of imidazole rings is 1. The molecule has 0 N–H and O–H groups in total. The van der Waals surface area contributed by atoms with Crippen molar-refractivity contribution in [3.8, 4) is 23.0 Å². The van der Waals surface area contributed by atoms with Crippen molar-refractivity contribution in [1.82, 2.24) is 28.9 Å². The van der Waals surface area contributed by atoms with Crippen LogP contribution in [-0.4, -0.2) is 28.9 Å². The van der Waals surface area contributed by atoms with Gasteiger partial charge in [0, 0.05) is 24.7 Å². The number of hydrogen-bond donors (Lipinski definition) is 0. The van der Waals surface area contributed by atoms with Crippen molar-refractivity contribution in [2.45, 2.75) is 6.54 Å². The largest absolute Gasteiger partial charge is 0.356 e. The third-order valence-corrected chi connectivity index (χ3v) is 4.84. The molecule has 0 radical (unpaired) electrons. The van der Waals surface area contributed by atoms with Gasteiger partial charge in [-0.05, 0) is 35.9 Å². The highest BCUT2D eigenvalue weighted by molar-refractivity contribution is 6.29. The number of hydrogen-bond acceptors (Lipinski definition) is 4. The van der Waals surface area contributed by atoms with Crippen LogP contribution in [0, 0.1) is 0 Å². The summed E-state index contributed by atoms with van der Waals surface area (Å²) in [4.78, 5) is 21.1. The van der Waals surface area contributed by atoms with Crippen LogP contribution in [0.2, 0.25) is 5.15 Å². The Labute approximate surface area is 170 Å². The Morgan fingerprint density at radius 3 is 2.59 bits per heavy atom. The third kappa shape index (κ3) is 3.21. The van der Waals surface area contributed by atoms with Gasteiger partial charge in [-0.15, -0.1) is 5.10 Å². The van der Waals surface area contributed by atoms with Crippen molar-refractivity contribution >= 4 is 11.6 Å². The summed E-state index contributed by atoms with van der Waals surface area (Å²) in [6.45, 7) is 0.524. The molecule has 0 saturated carbocycles. The number of fused-ring (bicyclic) bond motifs is 1. The van der Waals surface area contributed by atoms with Crippen molar-refractivity contribution in [3.05, 3.63) is 100 Å². The van der Waals surface area contributed by atoms with Gasteiger partial charge in [0.25, 0.3) is 0 Å². The Morgan fingerprint density at radius 1 is 0.931 bits per heavy atom. The Bertz CT molecular complexity index is 1300. The summed E-state index contributed by atoms with van der Waals surface area (Å²) in [5.41, 5.74) is 2.20. The van der Waals surface area contributed by atoms with Crippen LogP contribution in [0.4, 0.5) is 0 Å². The van der Waals surface area contributed by atoms with Crippen molar-refractivity contribution < 1.29 is 0 Å². The lowest BCUT2D eigenvalue weighted by Crippen LogP contribution is -2.15. The first-order valence-electron chi connectivity index (χ1n) is 8.99. The topological polar surface area (TPSA) is 70.5 Å². The van der Waals surface area contributed by atoms with E-state index in [0.717, 1.165) is 11.3 Å². The van der Waals surface area contributed by atoms with E-state index in [2.05, 4.69) is 15.1 Å². The van der Waals surface area contributed by atoms with Gasteiger partial charge in [-0.3, -0.25) is 0 Å². The van der Waals surface area contributed by atoms with Crippen LogP contribution in [-0.2, 0) is 6.54 Å². The fraction of sp³-hybridized carbons (Fsp3) is 0.0476. The predicted octanol–water partition coefficient (Wildman–Crippen LogP) is 3.42. The molecule has 29 heavy (non-hydrogen) atoms. The molecule has 1 aromatic carbocycles. The molecule has 2 aromatic heterocycles. The summed E-state index contributed by atoms with van der Waals surface area (Å²) >= 11 is 5.86. The SMILES string of the molecule is O=c1nc2n(Cc3ccc(Cl)nc3)cccc-2n1-c1ccn(-c2ccccc2)n1. The molecule has 0 fully saturated rings.